The molecule has 3 heterocycles. The molecular weight excluding hydrogens is 936 g/mol. The van der Waals surface area contributed by atoms with Gasteiger partial charge in [-0.15, -0.1) is 11.3 Å². The van der Waals surface area contributed by atoms with Crippen LogP contribution in [0.1, 0.15) is 134 Å². The maximum atomic E-state index is 2.73. The monoisotopic (exact) mass is 1010 g/mol. The number of anilines is 5. The van der Waals surface area contributed by atoms with E-state index in [1.54, 1.807) is 0 Å². The molecule has 0 amide bonds. The molecule has 2 aliphatic heterocycles. The lowest BCUT2D eigenvalue weighted by atomic mass is 9.43. The van der Waals surface area contributed by atoms with Crippen molar-refractivity contribution in [1.82, 2.24) is 0 Å². The second-order valence-electron chi connectivity index (χ2n) is 25.9. The molecule has 0 saturated carbocycles. The van der Waals surface area contributed by atoms with E-state index >= 15 is 0 Å². The van der Waals surface area contributed by atoms with E-state index in [4.69, 9.17) is 0 Å². The van der Waals surface area contributed by atoms with Crippen LogP contribution < -0.4 is 20.6 Å². The Morgan fingerprint density at radius 1 is 0.421 bits per heavy atom. The summed E-state index contributed by atoms with van der Waals surface area (Å²) < 4.78 is 2.62. The fourth-order valence-corrected chi connectivity index (χ4v) is 13.3. The van der Waals surface area contributed by atoms with E-state index < -0.39 is 0 Å². The molecule has 2 aliphatic rings. The Kier molecular flexibility index (Phi) is 11.8. The number of nitrogens with zero attached hydrogens (tertiary/aromatic N) is 2. The molecular formula is C72H71BN2S. The highest BCUT2D eigenvalue weighted by Gasteiger charge is 2.47. The maximum Gasteiger partial charge on any atom is 0.333 e. The average molecular weight is 1010 g/mol. The van der Waals surface area contributed by atoms with Gasteiger partial charge in [0.25, 0.3) is 0 Å². The van der Waals surface area contributed by atoms with Crippen LogP contribution in [0.15, 0.2) is 188 Å². The number of hydrogen-bond acceptors (Lipinski definition) is 3. The summed E-state index contributed by atoms with van der Waals surface area (Å²) in [5.74, 6) is -0.0218. The predicted molar refractivity (Wildman–Crippen MR) is 332 cm³/mol. The summed E-state index contributed by atoms with van der Waals surface area (Å²) in [6, 6.07) is 73.2. The third-order valence-corrected chi connectivity index (χ3v) is 17.6. The minimum Gasteiger partial charge on any atom is -0.376 e. The van der Waals surface area contributed by atoms with Gasteiger partial charge in [0, 0.05) is 60.0 Å². The van der Waals surface area contributed by atoms with Gasteiger partial charge in [-0.2, -0.15) is 0 Å². The van der Waals surface area contributed by atoms with E-state index in [9.17, 15) is 0 Å². The van der Waals surface area contributed by atoms with Crippen molar-refractivity contribution in [2.75, 3.05) is 9.71 Å². The van der Waals surface area contributed by atoms with Gasteiger partial charge < -0.3 is 9.71 Å². The molecule has 0 spiro atoms. The van der Waals surface area contributed by atoms with Crippen molar-refractivity contribution in [3.05, 3.63) is 233 Å². The van der Waals surface area contributed by atoms with Gasteiger partial charge in [0.05, 0.1) is 5.69 Å². The Bertz CT molecular complexity index is 3800. The molecule has 0 fully saturated rings. The quantitative estimate of drug-likeness (QED) is 0.121. The van der Waals surface area contributed by atoms with E-state index in [1.807, 2.05) is 11.3 Å². The highest BCUT2D eigenvalue weighted by Crippen LogP contribution is 2.54. The molecule has 2 nitrogen and oxygen atoms in total. The van der Waals surface area contributed by atoms with E-state index in [-0.39, 0.29) is 34.4 Å². The van der Waals surface area contributed by atoms with E-state index in [0.29, 0.717) is 0 Å². The predicted octanol–water partition coefficient (Wildman–Crippen LogP) is 19.1. The van der Waals surface area contributed by atoms with Gasteiger partial charge in [-0.25, -0.2) is 0 Å². The van der Waals surface area contributed by atoms with E-state index in [2.05, 4.69) is 288 Å². The number of rotatable bonds is 6. The first-order valence-corrected chi connectivity index (χ1v) is 28.3. The Morgan fingerprint density at radius 2 is 0.974 bits per heavy atom. The van der Waals surface area contributed by atoms with Crippen molar-refractivity contribution in [3.8, 4) is 22.3 Å². The molecule has 0 radical (unpaired) electrons. The van der Waals surface area contributed by atoms with Crippen LogP contribution in [0.2, 0.25) is 0 Å². The lowest BCUT2D eigenvalue weighted by Crippen LogP contribution is -2.61. The minimum atomic E-state index is -0.146. The third-order valence-electron chi connectivity index (χ3n) is 16.5. The van der Waals surface area contributed by atoms with Crippen molar-refractivity contribution in [3.63, 3.8) is 0 Å². The topological polar surface area (TPSA) is 6.48 Å². The number of aryl methyl sites for hydroxylation is 1. The van der Waals surface area contributed by atoms with Crippen molar-refractivity contribution in [2.24, 2.45) is 0 Å². The fourth-order valence-electron chi connectivity index (χ4n) is 12.2. The van der Waals surface area contributed by atoms with Gasteiger partial charge in [-0.1, -0.05) is 223 Å². The molecule has 12 rings (SSSR count). The van der Waals surface area contributed by atoms with Crippen molar-refractivity contribution >= 4 is 77.7 Å². The second-order valence-corrected chi connectivity index (χ2v) is 27.0. The average Bonchev–Trinajstić information content (AvgIpc) is 3.80. The van der Waals surface area contributed by atoms with Crippen LogP contribution in [0.4, 0.5) is 28.4 Å². The number of hydrogen-bond donors (Lipinski definition) is 0. The molecule has 0 bridgehead atoms. The lowest BCUT2D eigenvalue weighted by Gasteiger charge is -2.46. The Labute approximate surface area is 457 Å². The second kappa shape index (κ2) is 18.0. The van der Waals surface area contributed by atoms with Crippen LogP contribution in [0, 0.1) is 6.92 Å². The summed E-state index contributed by atoms with van der Waals surface area (Å²) in [6.07, 6.45) is 0. The molecule has 378 valence electrons. The molecule has 4 heteroatoms. The third kappa shape index (κ3) is 8.49. The zero-order chi connectivity index (χ0) is 53.2. The van der Waals surface area contributed by atoms with Crippen LogP contribution in [0.5, 0.6) is 0 Å². The number of fused-ring (bicyclic) bond motifs is 8. The fraction of sp³-hybridized carbons (Fsp3) is 0.250. The SMILES string of the molecule is Cc1cc2c3c(c1)N(c1ccc(C(C)(C)C)cc1-c1ccccc1)c1cc(C(c4ccc(C(C)(C)C)cc4)c4ccc(C(C)(C)C)cc4)ccc1B3N(c1ccc(C(C)(C)C)cc1)c1c-2ccc2sc3ccccc3c12. The molecule has 1 aromatic heterocycles. The first-order chi connectivity index (χ1) is 36.1. The smallest absolute Gasteiger partial charge is 0.333 e. The minimum absolute atomic E-state index is 0.0104. The van der Waals surface area contributed by atoms with Gasteiger partial charge in [0.1, 0.15) is 0 Å². The molecule has 0 N–H and O–H groups in total. The maximum absolute atomic E-state index is 2.73. The zero-order valence-corrected chi connectivity index (χ0v) is 47.7. The highest BCUT2D eigenvalue weighted by atomic mass is 32.1. The first kappa shape index (κ1) is 49.7. The van der Waals surface area contributed by atoms with Crippen LogP contribution in [0.3, 0.4) is 0 Å². The normalized spacial score (nSPS) is 13.6. The molecule has 76 heavy (non-hydrogen) atoms. The highest BCUT2D eigenvalue weighted by molar-refractivity contribution is 7.26. The zero-order valence-electron chi connectivity index (χ0n) is 46.9. The summed E-state index contributed by atoms with van der Waals surface area (Å²) in [5, 5.41) is 2.64. The first-order valence-electron chi connectivity index (χ1n) is 27.5. The van der Waals surface area contributed by atoms with Crippen LogP contribution in [-0.2, 0) is 21.7 Å². The summed E-state index contributed by atoms with van der Waals surface area (Å²) in [6.45, 7) is 29.9. The van der Waals surface area contributed by atoms with Gasteiger partial charge in [-0.3, -0.25) is 0 Å². The molecule has 0 atom stereocenters. The van der Waals surface area contributed by atoms with Crippen molar-refractivity contribution in [1.29, 1.82) is 0 Å². The van der Waals surface area contributed by atoms with Crippen LogP contribution in [-0.4, -0.2) is 6.85 Å². The van der Waals surface area contributed by atoms with Gasteiger partial charge in [-0.05, 0) is 144 Å². The molecule has 9 aromatic carbocycles. The standard InChI is InChI=1S/C72H71BN2S/c1-45-41-58-55-37-40-64-66(56-21-17-18-22-63(56)76-64)68(55)75(54-35-32-52(33-36-54)71(8,9)10)73-59-38-27-49(65(47-23-28-50(29-24-47)69(2,3)4)48-25-30-51(31-26-48)70(5,6)7)43-61(59)74(62(42-45)67(58)73)60-39-34-53(72(11,12)13)44-57(60)46-19-15-14-16-20-46/h14-44,65H,1-13H3. The summed E-state index contributed by atoms with van der Waals surface area (Å²) >= 11 is 1.90. The van der Waals surface area contributed by atoms with Gasteiger partial charge in [0.15, 0.2) is 0 Å². The molecule has 0 saturated heterocycles. The lowest BCUT2D eigenvalue weighted by molar-refractivity contribution is 0.589. The Balaban J connectivity index is 1.20. The summed E-state index contributed by atoms with van der Waals surface area (Å²) in [5.41, 5.74) is 24.1. The van der Waals surface area contributed by atoms with Crippen LogP contribution >= 0.6 is 11.3 Å². The summed E-state index contributed by atoms with van der Waals surface area (Å²) in [4.78, 5) is 5.39. The molecule has 0 unspecified atom stereocenters. The van der Waals surface area contributed by atoms with Gasteiger partial charge >= 0.3 is 6.85 Å². The number of thiophene rings is 1. The summed E-state index contributed by atoms with van der Waals surface area (Å²) in [7, 11) is 0. The van der Waals surface area contributed by atoms with Crippen molar-refractivity contribution in [2.45, 2.75) is 118 Å². The van der Waals surface area contributed by atoms with Crippen LogP contribution in [0.25, 0.3) is 42.4 Å². The van der Waals surface area contributed by atoms with Crippen molar-refractivity contribution < 1.29 is 0 Å². The Morgan fingerprint density at radius 3 is 1.58 bits per heavy atom. The molecule has 0 aliphatic carbocycles. The molecule has 10 aromatic rings. The largest absolute Gasteiger partial charge is 0.376 e. The van der Waals surface area contributed by atoms with E-state index in [0.717, 1.165) is 0 Å². The van der Waals surface area contributed by atoms with Gasteiger partial charge in [0.2, 0.25) is 0 Å². The van der Waals surface area contributed by atoms with E-state index in [1.165, 1.54) is 126 Å². The Hall–Kier alpha value is -7.14. The number of benzene rings is 9.